The average Bonchev–Trinajstić information content (AvgIpc) is 2.59. The summed E-state index contributed by atoms with van der Waals surface area (Å²) in [7, 11) is 3.15. The van der Waals surface area contributed by atoms with Gasteiger partial charge in [-0.25, -0.2) is 0 Å². The molecule has 2 rings (SSSR count). The Morgan fingerprint density at radius 2 is 1.79 bits per heavy atom. The Bertz CT molecular complexity index is 746. The summed E-state index contributed by atoms with van der Waals surface area (Å²) in [5.74, 6) is 1.34. The number of carbonyl (C=O) groups excluding carboxylic acids is 2. The molecule has 126 valence electrons. The minimum atomic E-state index is -0.143. The number of amides is 1. The smallest absolute Gasteiger partial charge is 0.234 e. The second-order valence-corrected chi connectivity index (χ2v) is 6.04. The van der Waals surface area contributed by atoms with Crippen LogP contribution in [0.5, 0.6) is 11.5 Å². The van der Waals surface area contributed by atoms with Gasteiger partial charge in [0.25, 0.3) is 0 Å². The van der Waals surface area contributed by atoms with Crippen molar-refractivity contribution in [2.75, 3.05) is 25.3 Å². The van der Waals surface area contributed by atoms with Gasteiger partial charge in [0, 0.05) is 16.1 Å². The number of anilines is 1. The third-order valence-corrected chi connectivity index (χ3v) is 4.27. The molecule has 0 spiro atoms. The van der Waals surface area contributed by atoms with Crippen LogP contribution in [0, 0.1) is 0 Å². The zero-order valence-corrected chi connectivity index (χ0v) is 14.6. The van der Waals surface area contributed by atoms with Crippen LogP contribution in [0.4, 0.5) is 5.69 Å². The standard InChI is InChI=1S/C18H19NO4S/c1-12(20)13-5-4-6-14(9-13)19-18(21)11-24-15-7-8-16(22-2)17(10-15)23-3/h4-10H,11H2,1-3H3,(H,19,21). The van der Waals surface area contributed by atoms with Crippen LogP contribution in [0.1, 0.15) is 17.3 Å². The van der Waals surface area contributed by atoms with E-state index in [1.54, 1.807) is 44.6 Å². The molecule has 0 aliphatic rings. The first kappa shape index (κ1) is 17.9. The number of nitrogens with one attached hydrogen (secondary N) is 1. The maximum atomic E-state index is 12.1. The van der Waals surface area contributed by atoms with Crippen molar-refractivity contribution in [3.8, 4) is 11.5 Å². The largest absolute Gasteiger partial charge is 0.493 e. The summed E-state index contributed by atoms with van der Waals surface area (Å²) in [6.07, 6.45) is 0. The van der Waals surface area contributed by atoms with Crippen molar-refractivity contribution in [3.63, 3.8) is 0 Å². The molecule has 0 aliphatic heterocycles. The number of carbonyl (C=O) groups is 2. The van der Waals surface area contributed by atoms with Crippen molar-refractivity contribution < 1.29 is 19.1 Å². The van der Waals surface area contributed by atoms with Gasteiger partial charge in [-0.15, -0.1) is 11.8 Å². The van der Waals surface area contributed by atoms with E-state index in [0.29, 0.717) is 22.7 Å². The lowest BCUT2D eigenvalue weighted by Crippen LogP contribution is -2.14. The Hall–Kier alpha value is -2.47. The van der Waals surface area contributed by atoms with Crippen molar-refractivity contribution in [1.29, 1.82) is 0 Å². The molecule has 2 aromatic rings. The van der Waals surface area contributed by atoms with E-state index in [0.717, 1.165) is 4.90 Å². The van der Waals surface area contributed by atoms with Crippen LogP contribution in [0.15, 0.2) is 47.4 Å². The second-order valence-electron chi connectivity index (χ2n) is 4.99. The molecule has 24 heavy (non-hydrogen) atoms. The monoisotopic (exact) mass is 345 g/mol. The normalized spacial score (nSPS) is 10.1. The zero-order valence-electron chi connectivity index (χ0n) is 13.8. The van der Waals surface area contributed by atoms with Crippen molar-refractivity contribution in [1.82, 2.24) is 0 Å². The first-order chi connectivity index (χ1) is 11.5. The van der Waals surface area contributed by atoms with Gasteiger partial charge in [0.1, 0.15) is 0 Å². The molecular weight excluding hydrogens is 326 g/mol. The number of ketones is 1. The highest BCUT2D eigenvalue weighted by Crippen LogP contribution is 2.31. The summed E-state index contributed by atoms with van der Waals surface area (Å²) in [4.78, 5) is 24.3. The average molecular weight is 345 g/mol. The highest BCUT2D eigenvalue weighted by molar-refractivity contribution is 8.00. The van der Waals surface area contributed by atoms with Gasteiger partial charge in [-0.05, 0) is 37.3 Å². The summed E-state index contributed by atoms with van der Waals surface area (Å²) in [6.45, 7) is 1.49. The Balaban J connectivity index is 1.96. The Kier molecular flexibility index (Phi) is 6.26. The lowest BCUT2D eigenvalue weighted by atomic mass is 10.1. The van der Waals surface area contributed by atoms with Crippen molar-refractivity contribution in [2.24, 2.45) is 0 Å². The maximum Gasteiger partial charge on any atom is 0.234 e. The Labute approximate surface area is 145 Å². The zero-order chi connectivity index (χ0) is 17.5. The molecule has 0 fully saturated rings. The second kappa shape index (κ2) is 8.40. The molecule has 0 radical (unpaired) electrons. The Morgan fingerprint density at radius 1 is 1.04 bits per heavy atom. The molecule has 5 nitrogen and oxygen atoms in total. The molecule has 0 heterocycles. The van der Waals surface area contributed by atoms with E-state index in [1.807, 2.05) is 12.1 Å². The molecule has 6 heteroatoms. The summed E-state index contributed by atoms with van der Waals surface area (Å²) in [6, 6.07) is 12.4. The van der Waals surface area contributed by atoms with Gasteiger partial charge in [0.05, 0.1) is 20.0 Å². The van der Waals surface area contributed by atoms with Crippen LogP contribution in [-0.4, -0.2) is 31.7 Å². The van der Waals surface area contributed by atoms with Gasteiger partial charge in [-0.3, -0.25) is 9.59 Å². The molecule has 2 aromatic carbocycles. The van der Waals surface area contributed by atoms with Gasteiger partial charge >= 0.3 is 0 Å². The van der Waals surface area contributed by atoms with Gasteiger partial charge in [0.15, 0.2) is 17.3 Å². The minimum Gasteiger partial charge on any atom is -0.493 e. The number of thioether (sulfide) groups is 1. The number of benzene rings is 2. The minimum absolute atomic E-state index is 0.0363. The first-order valence-corrected chi connectivity index (χ1v) is 8.27. The highest BCUT2D eigenvalue weighted by Gasteiger charge is 2.08. The van der Waals surface area contributed by atoms with Crippen LogP contribution in [0.3, 0.4) is 0 Å². The molecule has 0 aliphatic carbocycles. The van der Waals surface area contributed by atoms with Crippen LogP contribution in [-0.2, 0) is 4.79 Å². The SMILES string of the molecule is COc1ccc(SCC(=O)Nc2cccc(C(C)=O)c2)cc1OC. The maximum absolute atomic E-state index is 12.1. The third-order valence-electron chi connectivity index (χ3n) is 3.28. The number of methoxy groups -OCH3 is 2. The molecule has 0 unspecified atom stereocenters. The predicted molar refractivity (Wildman–Crippen MR) is 95.3 cm³/mol. The quantitative estimate of drug-likeness (QED) is 0.613. The predicted octanol–water partition coefficient (Wildman–Crippen LogP) is 3.64. The first-order valence-electron chi connectivity index (χ1n) is 7.29. The van der Waals surface area contributed by atoms with Gasteiger partial charge < -0.3 is 14.8 Å². The van der Waals surface area contributed by atoms with E-state index in [-0.39, 0.29) is 17.4 Å². The number of hydrogen-bond acceptors (Lipinski definition) is 5. The lowest BCUT2D eigenvalue weighted by molar-refractivity contribution is -0.113. The summed E-state index contributed by atoms with van der Waals surface area (Å²) in [5, 5.41) is 2.79. The third kappa shape index (κ3) is 4.76. The summed E-state index contributed by atoms with van der Waals surface area (Å²) in [5.41, 5.74) is 1.18. The van der Waals surface area contributed by atoms with E-state index in [4.69, 9.17) is 9.47 Å². The van der Waals surface area contributed by atoms with Gasteiger partial charge in [-0.1, -0.05) is 12.1 Å². The Morgan fingerprint density at radius 3 is 2.46 bits per heavy atom. The fourth-order valence-corrected chi connectivity index (χ4v) is 2.79. The van der Waals surface area contributed by atoms with E-state index in [9.17, 15) is 9.59 Å². The molecule has 0 bridgehead atoms. The van der Waals surface area contributed by atoms with Crippen molar-refractivity contribution in [3.05, 3.63) is 48.0 Å². The van der Waals surface area contributed by atoms with E-state index in [2.05, 4.69) is 5.32 Å². The fraction of sp³-hybridized carbons (Fsp3) is 0.222. The summed E-state index contributed by atoms with van der Waals surface area (Å²) < 4.78 is 10.4. The molecule has 0 aromatic heterocycles. The topological polar surface area (TPSA) is 64.6 Å². The molecule has 1 N–H and O–H groups in total. The van der Waals surface area contributed by atoms with Crippen molar-refractivity contribution in [2.45, 2.75) is 11.8 Å². The van der Waals surface area contributed by atoms with E-state index < -0.39 is 0 Å². The number of Topliss-reactive ketones (excluding diaryl/α,β-unsaturated/α-hetero) is 1. The van der Waals surface area contributed by atoms with Crippen LogP contribution in [0.2, 0.25) is 0 Å². The summed E-state index contributed by atoms with van der Waals surface area (Å²) >= 11 is 1.39. The van der Waals surface area contributed by atoms with Crippen LogP contribution in [0.25, 0.3) is 0 Å². The molecule has 1 amide bonds. The molecular formula is C18H19NO4S. The number of ether oxygens (including phenoxy) is 2. The van der Waals surface area contributed by atoms with E-state index in [1.165, 1.54) is 18.7 Å². The number of rotatable bonds is 7. The molecule has 0 saturated carbocycles. The molecule has 0 saturated heterocycles. The fourth-order valence-electron chi connectivity index (χ4n) is 2.07. The highest BCUT2D eigenvalue weighted by atomic mass is 32.2. The molecule has 0 atom stereocenters. The number of hydrogen-bond donors (Lipinski definition) is 1. The van der Waals surface area contributed by atoms with Crippen LogP contribution < -0.4 is 14.8 Å². The van der Waals surface area contributed by atoms with Gasteiger partial charge in [0.2, 0.25) is 5.91 Å². The van der Waals surface area contributed by atoms with Gasteiger partial charge in [-0.2, -0.15) is 0 Å². The van der Waals surface area contributed by atoms with E-state index >= 15 is 0 Å². The van der Waals surface area contributed by atoms with Crippen LogP contribution >= 0.6 is 11.8 Å². The van der Waals surface area contributed by atoms with Crippen molar-refractivity contribution >= 4 is 29.1 Å². The lowest BCUT2D eigenvalue weighted by Gasteiger charge is -2.10.